The summed E-state index contributed by atoms with van der Waals surface area (Å²) in [6.45, 7) is 3.11. The molecule has 0 atom stereocenters. The van der Waals surface area contributed by atoms with Crippen LogP contribution in [0.25, 0.3) is 0 Å². The van der Waals surface area contributed by atoms with Crippen molar-refractivity contribution in [2.75, 3.05) is 0 Å². The number of nitrogens with two attached hydrogens (primary N) is 1. The van der Waals surface area contributed by atoms with E-state index in [2.05, 4.69) is 15.2 Å². The third kappa shape index (κ3) is 4.65. The van der Waals surface area contributed by atoms with Crippen LogP contribution in [-0.4, -0.2) is 25.8 Å². The second kappa shape index (κ2) is 8.34. The van der Waals surface area contributed by atoms with Crippen LogP contribution in [0, 0.1) is 0 Å². The molecule has 8 nitrogen and oxygen atoms in total. The maximum Gasteiger partial charge on any atom is 0.286 e. The number of carbonyl (C=O) groups is 1. The number of aryl methyl sites for hydroxylation is 2. The van der Waals surface area contributed by atoms with E-state index in [1.807, 2.05) is 24.3 Å². The Hall–Kier alpha value is -2.71. The maximum absolute atomic E-state index is 12.5. The lowest BCUT2D eigenvalue weighted by atomic mass is 9.85. The minimum Gasteiger partial charge on any atom is -0.369 e. The SMILES string of the molecule is CC(C)(C(N)=O)c1cnn(Cc2nc(CCc3ccc(Cl)cc3)no2)c(=O)c1Cl. The fourth-order valence-electron chi connectivity index (χ4n) is 2.64. The number of hydrogen-bond donors (Lipinski definition) is 1. The normalized spacial score (nSPS) is 11.6. The third-order valence-electron chi connectivity index (χ3n) is 4.62. The highest BCUT2D eigenvalue weighted by atomic mass is 35.5. The lowest BCUT2D eigenvalue weighted by Crippen LogP contribution is -2.38. The molecule has 2 aromatic heterocycles. The summed E-state index contributed by atoms with van der Waals surface area (Å²) in [6.07, 6.45) is 2.64. The smallest absolute Gasteiger partial charge is 0.286 e. The van der Waals surface area contributed by atoms with E-state index in [9.17, 15) is 9.59 Å². The Morgan fingerprint density at radius 3 is 2.55 bits per heavy atom. The Kier molecular flexibility index (Phi) is 6.04. The quantitative estimate of drug-likeness (QED) is 0.608. The molecule has 3 rings (SSSR count). The van der Waals surface area contributed by atoms with Crippen LogP contribution in [0.2, 0.25) is 10.0 Å². The number of halogens is 2. The topological polar surface area (TPSA) is 117 Å². The number of amides is 1. The number of aromatic nitrogens is 4. The molecule has 0 aliphatic rings. The number of rotatable bonds is 7. The molecule has 0 saturated carbocycles. The van der Waals surface area contributed by atoms with Crippen molar-refractivity contribution in [3.05, 3.63) is 73.7 Å². The third-order valence-corrected chi connectivity index (χ3v) is 5.24. The van der Waals surface area contributed by atoms with Crippen LogP contribution in [0.3, 0.4) is 0 Å². The van der Waals surface area contributed by atoms with Crippen LogP contribution in [0.1, 0.15) is 36.7 Å². The van der Waals surface area contributed by atoms with Gasteiger partial charge in [0.1, 0.15) is 11.6 Å². The van der Waals surface area contributed by atoms with Gasteiger partial charge in [-0.2, -0.15) is 10.1 Å². The first-order valence-corrected chi connectivity index (χ1v) is 9.56. The van der Waals surface area contributed by atoms with Gasteiger partial charge in [-0.1, -0.05) is 40.5 Å². The van der Waals surface area contributed by atoms with E-state index in [0.29, 0.717) is 17.3 Å². The Balaban J connectivity index is 1.72. The standard InChI is InChI=1S/C19H19Cl2N5O3/c1-19(2,18(22)28)13-9-23-26(17(27)16(13)21)10-15-24-14(25-29-15)8-5-11-3-6-12(20)7-4-11/h3-4,6-7,9H,5,8,10H2,1-2H3,(H2,22,28). The Morgan fingerprint density at radius 1 is 1.21 bits per heavy atom. The van der Waals surface area contributed by atoms with Gasteiger partial charge >= 0.3 is 0 Å². The summed E-state index contributed by atoms with van der Waals surface area (Å²) in [6, 6.07) is 7.51. The maximum atomic E-state index is 12.5. The number of hydrogen-bond acceptors (Lipinski definition) is 6. The summed E-state index contributed by atoms with van der Waals surface area (Å²) in [5.74, 6) is 0.129. The van der Waals surface area contributed by atoms with Crippen molar-refractivity contribution in [1.82, 2.24) is 19.9 Å². The molecule has 1 aromatic carbocycles. The molecular formula is C19H19Cl2N5O3. The van der Waals surface area contributed by atoms with Gasteiger partial charge in [-0.3, -0.25) is 9.59 Å². The zero-order valence-electron chi connectivity index (χ0n) is 15.9. The molecule has 0 radical (unpaired) electrons. The van der Waals surface area contributed by atoms with E-state index in [-0.39, 0.29) is 23.0 Å². The highest BCUT2D eigenvalue weighted by Crippen LogP contribution is 2.26. The first kappa shape index (κ1) is 21.0. The highest BCUT2D eigenvalue weighted by Gasteiger charge is 2.31. The molecule has 0 saturated heterocycles. The van der Waals surface area contributed by atoms with Crippen LogP contribution in [0.4, 0.5) is 0 Å². The molecular weight excluding hydrogens is 417 g/mol. The summed E-state index contributed by atoms with van der Waals surface area (Å²) in [5.41, 5.74) is 5.06. The monoisotopic (exact) mass is 435 g/mol. The van der Waals surface area contributed by atoms with Gasteiger partial charge in [-0.25, -0.2) is 4.68 Å². The van der Waals surface area contributed by atoms with E-state index in [1.165, 1.54) is 6.20 Å². The zero-order chi connectivity index (χ0) is 21.2. The lowest BCUT2D eigenvalue weighted by molar-refractivity contribution is -0.122. The minimum absolute atomic E-state index is 0.0379. The Morgan fingerprint density at radius 2 is 1.90 bits per heavy atom. The number of benzene rings is 1. The number of nitrogens with zero attached hydrogens (tertiary/aromatic N) is 4. The Bertz CT molecular complexity index is 1090. The zero-order valence-corrected chi connectivity index (χ0v) is 17.4. The average Bonchev–Trinajstić information content (AvgIpc) is 3.12. The van der Waals surface area contributed by atoms with Gasteiger partial charge in [0.05, 0.1) is 11.6 Å². The molecule has 1 amide bonds. The van der Waals surface area contributed by atoms with E-state index in [4.69, 9.17) is 33.5 Å². The van der Waals surface area contributed by atoms with E-state index in [0.717, 1.165) is 16.7 Å². The van der Waals surface area contributed by atoms with Crippen LogP contribution in [0.15, 0.2) is 39.8 Å². The van der Waals surface area contributed by atoms with Gasteiger partial charge in [0.15, 0.2) is 5.82 Å². The molecule has 10 heteroatoms. The van der Waals surface area contributed by atoms with Gasteiger partial charge in [0, 0.05) is 17.0 Å². The van der Waals surface area contributed by atoms with Gasteiger partial charge in [-0.15, -0.1) is 0 Å². The molecule has 0 bridgehead atoms. The fourth-order valence-corrected chi connectivity index (χ4v) is 3.15. The van der Waals surface area contributed by atoms with Crippen molar-refractivity contribution in [1.29, 1.82) is 0 Å². The largest absolute Gasteiger partial charge is 0.369 e. The molecule has 0 unspecified atom stereocenters. The first-order chi connectivity index (χ1) is 13.7. The molecule has 0 aliphatic heterocycles. The van der Waals surface area contributed by atoms with Crippen LogP contribution in [-0.2, 0) is 29.6 Å². The van der Waals surface area contributed by atoms with E-state index >= 15 is 0 Å². The van der Waals surface area contributed by atoms with Crippen LogP contribution < -0.4 is 11.3 Å². The minimum atomic E-state index is -1.12. The molecule has 152 valence electrons. The molecule has 0 fully saturated rings. The van der Waals surface area contributed by atoms with Crippen LogP contribution in [0.5, 0.6) is 0 Å². The highest BCUT2D eigenvalue weighted by molar-refractivity contribution is 6.31. The summed E-state index contributed by atoms with van der Waals surface area (Å²) in [7, 11) is 0. The molecule has 2 heterocycles. The van der Waals surface area contributed by atoms with Gasteiger partial charge in [0.25, 0.3) is 5.56 Å². The molecule has 0 aliphatic carbocycles. The summed E-state index contributed by atoms with van der Waals surface area (Å²) < 4.78 is 6.30. The Labute approximate surface area is 176 Å². The van der Waals surface area contributed by atoms with Gasteiger partial charge in [0.2, 0.25) is 11.8 Å². The summed E-state index contributed by atoms with van der Waals surface area (Å²) >= 11 is 12.0. The van der Waals surface area contributed by atoms with Crippen molar-refractivity contribution in [3.8, 4) is 0 Å². The predicted molar refractivity (Wildman–Crippen MR) is 108 cm³/mol. The van der Waals surface area contributed by atoms with Crippen molar-refractivity contribution in [2.24, 2.45) is 5.73 Å². The molecule has 2 N–H and O–H groups in total. The van der Waals surface area contributed by atoms with Crippen molar-refractivity contribution >= 4 is 29.1 Å². The van der Waals surface area contributed by atoms with Crippen molar-refractivity contribution in [2.45, 2.75) is 38.6 Å². The van der Waals surface area contributed by atoms with Gasteiger partial charge in [-0.05, 0) is 38.0 Å². The first-order valence-electron chi connectivity index (χ1n) is 8.80. The predicted octanol–water partition coefficient (Wildman–Crippen LogP) is 2.53. The van der Waals surface area contributed by atoms with E-state index < -0.39 is 16.9 Å². The van der Waals surface area contributed by atoms with Crippen LogP contribution >= 0.6 is 23.2 Å². The fraction of sp³-hybridized carbons (Fsp3) is 0.316. The van der Waals surface area contributed by atoms with E-state index in [1.54, 1.807) is 13.8 Å². The van der Waals surface area contributed by atoms with Crippen molar-refractivity contribution < 1.29 is 9.32 Å². The molecule has 3 aromatic rings. The second-order valence-corrected chi connectivity index (χ2v) is 7.87. The van der Waals surface area contributed by atoms with Crippen molar-refractivity contribution in [3.63, 3.8) is 0 Å². The average molecular weight is 436 g/mol. The summed E-state index contributed by atoms with van der Waals surface area (Å²) in [5, 5.41) is 8.55. The summed E-state index contributed by atoms with van der Waals surface area (Å²) in [4.78, 5) is 28.4. The second-order valence-electron chi connectivity index (χ2n) is 7.06. The molecule has 29 heavy (non-hydrogen) atoms. The van der Waals surface area contributed by atoms with Gasteiger partial charge < -0.3 is 10.3 Å². The lowest BCUT2D eigenvalue weighted by Gasteiger charge is -2.21. The molecule has 0 spiro atoms. The number of primary amides is 1. The number of carbonyl (C=O) groups excluding carboxylic acids is 1.